The Morgan fingerprint density at radius 1 is 0.944 bits per heavy atom. The van der Waals surface area contributed by atoms with Crippen LogP contribution < -0.4 is 0 Å². The van der Waals surface area contributed by atoms with E-state index in [2.05, 4.69) is 5.32 Å². The van der Waals surface area contributed by atoms with Crippen LogP contribution in [0.5, 0.6) is 0 Å². The Morgan fingerprint density at radius 3 is 2.06 bits per heavy atom. The molecule has 1 N–H and O–H groups in total. The molecule has 0 saturated heterocycles. The Kier molecular flexibility index (Phi) is 6.24. The van der Waals surface area contributed by atoms with Crippen molar-refractivity contribution >= 4 is 5.70 Å². The molecule has 0 unspecified atom stereocenters. The van der Waals surface area contributed by atoms with E-state index in [1.807, 2.05) is 60.7 Å². The standard InChI is InChI=1S/C15H14N2.Mo/c16-11-15(14-9-5-2-6-10-14)17-12-13-7-3-1-4-8-13;/h1-11,16H,12H2;/q-2;+2/b15-11-;. The SMILES string of the molecule is [Mo+2].[NH-]/C=C(\[N-]Cc1ccccc1)c1ccccc1. The van der Waals surface area contributed by atoms with Crippen molar-refractivity contribution in [3.8, 4) is 0 Å². The van der Waals surface area contributed by atoms with Crippen LogP contribution in [0.2, 0.25) is 0 Å². The Bertz CT molecular complexity index is 480. The van der Waals surface area contributed by atoms with Gasteiger partial charge in [0.05, 0.1) is 0 Å². The summed E-state index contributed by atoms with van der Waals surface area (Å²) in [5, 5.41) is 4.46. The predicted octanol–water partition coefficient (Wildman–Crippen LogP) is 4.61. The molecule has 2 rings (SSSR count). The maximum absolute atomic E-state index is 7.41. The van der Waals surface area contributed by atoms with Crippen molar-refractivity contribution in [1.82, 2.24) is 0 Å². The van der Waals surface area contributed by atoms with Crippen LogP contribution >= 0.6 is 0 Å². The van der Waals surface area contributed by atoms with Crippen molar-refractivity contribution in [2.45, 2.75) is 6.54 Å². The molecular formula is C15H14MoN2. The molecule has 0 bridgehead atoms. The molecule has 2 nitrogen and oxygen atoms in total. The van der Waals surface area contributed by atoms with E-state index in [0.717, 1.165) is 16.8 Å². The van der Waals surface area contributed by atoms with Gasteiger partial charge in [-0.3, -0.25) is 0 Å². The molecule has 0 aliphatic heterocycles. The Balaban J connectivity index is 0.00000162. The first kappa shape index (κ1) is 14.5. The molecular weight excluding hydrogens is 304 g/mol. The molecule has 0 heterocycles. The molecule has 3 heteroatoms. The van der Waals surface area contributed by atoms with Crippen LogP contribution in [0.25, 0.3) is 16.7 Å². The molecule has 0 aromatic heterocycles. The van der Waals surface area contributed by atoms with Crippen LogP contribution in [0.4, 0.5) is 0 Å². The number of hydrogen-bond donors (Lipinski definition) is 0. The fourth-order valence-electron chi connectivity index (χ4n) is 1.59. The van der Waals surface area contributed by atoms with Crippen molar-refractivity contribution in [2.24, 2.45) is 0 Å². The van der Waals surface area contributed by atoms with E-state index in [9.17, 15) is 0 Å². The van der Waals surface area contributed by atoms with Crippen LogP contribution in [0, 0.1) is 0 Å². The summed E-state index contributed by atoms with van der Waals surface area (Å²) in [4.78, 5) is 0. The van der Waals surface area contributed by atoms with E-state index in [1.54, 1.807) is 0 Å². The molecule has 0 saturated carbocycles. The fraction of sp³-hybridized carbons (Fsp3) is 0.0667. The first-order chi connectivity index (χ1) is 8.40. The van der Waals surface area contributed by atoms with E-state index in [1.165, 1.54) is 6.20 Å². The zero-order chi connectivity index (χ0) is 11.9. The van der Waals surface area contributed by atoms with Crippen LogP contribution in [-0.4, -0.2) is 0 Å². The van der Waals surface area contributed by atoms with Gasteiger partial charge in [-0.05, 0) is 5.56 Å². The van der Waals surface area contributed by atoms with Gasteiger partial charge in [-0.25, -0.2) is 0 Å². The number of rotatable bonds is 4. The summed E-state index contributed by atoms with van der Waals surface area (Å²) in [5.74, 6) is 0. The van der Waals surface area contributed by atoms with Gasteiger partial charge in [0, 0.05) is 0 Å². The molecule has 0 aliphatic rings. The van der Waals surface area contributed by atoms with Crippen LogP contribution in [0.3, 0.4) is 0 Å². The van der Waals surface area contributed by atoms with Gasteiger partial charge in [-0.1, -0.05) is 66.2 Å². The van der Waals surface area contributed by atoms with Crippen LogP contribution in [0.15, 0.2) is 66.9 Å². The first-order valence-corrected chi connectivity index (χ1v) is 5.54. The zero-order valence-corrected chi connectivity index (χ0v) is 11.9. The van der Waals surface area contributed by atoms with Crippen molar-refractivity contribution in [3.63, 3.8) is 0 Å². The van der Waals surface area contributed by atoms with Gasteiger partial charge in [0.25, 0.3) is 0 Å². The van der Waals surface area contributed by atoms with Gasteiger partial charge in [-0.15, -0.1) is 6.54 Å². The average molecular weight is 318 g/mol. The quantitative estimate of drug-likeness (QED) is 0.739. The summed E-state index contributed by atoms with van der Waals surface area (Å²) >= 11 is 0. The number of hydrogen-bond acceptors (Lipinski definition) is 0. The third-order valence-corrected chi connectivity index (χ3v) is 2.48. The molecule has 0 amide bonds. The Labute approximate surface area is 122 Å². The van der Waals surface area contributed by atoms with Crippen molar-refractivity contribution in [3.05, 3.63) is 89.0 Å². The second-order valence-corrected chi connectivity index (χ2v) is 3.70. The summed E-state index contributed by atoms with van der Waals surface area (Å²) in [6.07, 6.45) is 1.30. The molecule has 0 spiro atoms. The van der Waals surface area contributed by atoms with Gasteiger partial charge < -0.3 is 11.1 Å². The molecule has 2 aromatic carbocycles. The molecule has 0 fully saturated rings. The molecule has 18 heavy (non-hydrogen) atoms. The topological polar surface area (TPSA) is 37.9 Å². The molecule has 0 aliphatic carbocycles. The van der Waals surface area contributed by atoms with E-state index in [0.29, 0.717) is 6.54 Å². The Morgan fingerprint density at radius 2 is 1.50 bits per heavy atom. The third kappa shape index (κ3) is 4.05. The minimum absolute atomic E-state index is 0. The summed E-state index contributed by atoms with van der Waals surface area (Å²) in [7, 11) is 0. The summed E-state index contributed by atoms with van der Waals surface area (Å²) in [6.45, 7) is 0.612. The number of benzene rings is 2. The van der Waals surface area contributed by atoms with Gasteiger partial charge in [0.15, 0.2) is 0 Å². The summed E-state index contributed by atoms with van der Waals surface area (Å²) in [5.41, 5.74) is 10.3. The smallest absolute Gasteiger partial charge is 0.706 e. The van der Waals surface area contributed by atoms with Gasteiger partial charge >= 0.3 is 21.1 Å². The predicted molar refractivity (Wildman–Crippen MR) is 72.2 cm³/mol. The van der Waals surface area contributed by atoms with Gasteiger partial charge in [-0.2, -0.15) is 11.9 Å². The second kappa shape index (κ2) is 7.73. The second-order valence-electron chi connectivity index (χ2n) is 3.70. The van der Waals surface area contributed by atoms with E-state index >= 15 is 0 Å². The average Bonchev–Trinajstić information content (AvgIpc) is 2.42. The van der Waals surface area contributed by atoms with E-state index in [-0.39, 0.29) is 21.1 Å². The van der Waals surface area contributed by atoms with E-state index in [4.69, 9.17) is 5.73 Å². The summed E-state index contributed by atoms with van der Waals surface area (Å²) < 4.78 is 0. The molecule has 90 valence electrons. The van der Waals surface area contributed by atoms with Crippen LogP contribution in [0.1, 0.15) is 11.1 Å². The minimum Gasteiger partial charge on any atom is -0.706 e. The minimum atomic E-state index is 0. The molecule has 0 radical (unpaired) electrons. The largest absolute Gasteiger partial charge is 2.00 e. The Hall–Kier alpha value is -1.53. The zero-order valence-electron chi connectivity index (χ0n) is 9.91. The van der Waals surface area contributed by atoms with Crippen molar-refractivity contribution < 1.29 is 21.1 Å². The van der Waals surface area contributed by atoms with Crippen molar-refractivity contribution in [2.75, 3.05) is 0 Å². The molecule has 2 aromatic rings. The number of nitrogens with zero attached hydrogens (tertiary/aromatic N) is 1. The molecule has 0 atom stereocenters. The normalized spacial score (nSPS) is 10.6. The van der Waals surface area contributed by atoms with Gasteiger partial charge in [0.2, 0.25) is 0 Å². The summed E-state index contributed by atoms with van der Waals surface area (Å²) in [6, 6.07) is 19.9. The third-order valence-electron chi connectivity index (χ3n) is 2.48. The maximum Gasteiger partial charge on any atom is 2.00 e. The number of nitrogens with one attached hydrogen (secondary N) is 1. The first-order valence-electron chi connectivity index (χ1n) is 5.54. The maximum atomic E-state index is 7.41. The van der Waals surface area contributed by atoms with E-state index < -0.39 is 0 Å². The fourth-order valence-corrected chi connectivity index (χ4v) is 1.59. The van der Waals surface area contributed by atoms with Crippen molar-refractivity contribution in [1.29, 1.82) is 0 Å². The monoisotopic (exact) mass is 320 g/mol. The van der Waals surface area contributed by atoms with Crippen LogP contribution in [-0.2, 0) is 27.6 Å². The van der Waals surface area contributed by atoms with Gasteiger partial charge in [0.1, 0.15) is 0 Å².